The molecule has 0 heterocycles. The lowest BCUT2D eigenvalue weighted by Crippen LogP contribution is -1.95. The van der Waals surface area contributed by atoms with Gasteiger partial charge in [0.05, 0.1) is 0 Å². The molecule has 0 atom stereocenters. The van der Waals surface area contributed by atoms with Crippen LogP contribution in [0.25, 0.3) is 0 Å². The van der Waals surface area contributed by atoms with Crippen LogP contribution in [-0.2, 0) is 85.2 Å². The van der Waals surface area contributed by atoms with Crippen LogP contribution in [0, 0.1) is 0 Å². The van der Waals surface area contributed by atoms with E-state index in [0.29, 0.717) is 18.6 Å². The first-order chi connectivity index (χ1) is 16.5. The molecule has 0 aliphatic heterocycles. The van der Waals surface area contributed by atoms with Crippen LogP contribution in [0.1, 0.15) is 112 Å². The van der Waals surface area contributed by atoms with E-state index in [9.17, 15) is 9.59 Å². The van der Waals surface area contributed by atoms with E-state index in [2.05, 4.69) is 55.1 Å². The average molecular weight is 629 g/mol. The van der Waals surface area contributed by atoms with Crippen molar-refractivity contribution in [1.82, 2.24) is 0 Å². The summed E-state index contributed by atoms with van der Waals surface area (Å²) in [6.45, 7) is 14.2. The van der Waals surface area contributed by atoms with Gasteiger partial charge >= 0.3 is 0 Å². The fourth-order valence-electron chi connectivity index (χ4n) is 1.47. The third-order valence-corrected chi connectivity index (χ3v) is 14.4. The quantitative estimate of drug-likeness (QED) is 0.160. The first-order valence-corrected chi connectivity index (χ1v) is 21.2. The van der Waals surface area contributed by atoms with E-state index < -0.39 is 0 Å². The summed E-state index contributed by atoms with van der Waals surface area (Å²) in [4.78, 5) is 24.0. The maximum absolute atomic E-state index is 10.7. The summed E-state index contributed by atoms with van der Waals surface area (Å²) in [5.41, 5.74) is 5.14. The van der Waals surface area contributed by atoms with Crippen molar-refractivity contribution in [2.45, 2.75) is 112 Å². The number of ketones is 1. The Morgan fingerprint density at radius 1 is 0.794 bits per heavy atom. The van der Waals surface area contributed by atoms with Crippen LogP contribution in [-0.4, -0.2) is 31.4 Å². The van der Waals surface area contributed by atoms with Crippen LogP contribution >= 0.6 is 0 Å². The van der Waals surface area contributed by atoms with Gasteiger partial charge in [0.25, 0.3) is 0 Å². The van der Waals surface area contributed by atoms with Crippen LogP contribution in [0.3, 0.4) is 0 Å². The fraction of sp³-hybridized carbons (Fsp3) is 0.864. The van der Waals surface area contributed by atoms with Gasteiger partial charge in [0.15, 0.2) is 0 Å². The lowest BCUT2D eigenvalue weighted by molar-refractivity contribution is -0.118. The molecule has 0 aromatic rings. The van der Waals surface area contributed by atoms with Gasteiger partial charge in [-0.2, -0.15) is 0 Å². The molecular formula is C22H48N2O2S8. The molecule has 0 aliphatic rings. The SMILES string of the molecule is CCC=NCCCC.CCC=O.CCCCCC(=O)CC.CCCCN.S=S=S=S=S=S=S=S. The first-order valence-electron chi connectivity index (χ1n) is 11.9. The van der Waals surface area contributed by atoms with Crippen molar-refractivity contribution in [2.75, 3.05) is 13.1 Å². The molecule has 0 bridgehead atoms. The van der Waals surface area contributed by atoms with E-state index in [4.69, 9.17) is 5.73 Å². The second-order valence-electron chi connectivity index (χ2n) is 6.33. The minimum atomic E-state index is 0.406. The largest absolute Gasteiger partial charge is 0.330 e. The second-order valence-corrected chi connectivity index (χ2v) is 16.9. The molecule has 0 unspecified atom stereocenters. The highest BCUT2D eigenvalue weighted by molar-refractivity contribution is 8.70. The maximum Gasteiger partial charge on any atom is 0.132 e. The van der Waals surface area contributed by atoms with Gasteiger partial charge < -0.3 is 10.5 Å². The van der Waals surface area contributed by atoms with Crippen molar-refractivity contribution in [2.24, 2.45) is 10.7 Å². The van der Waals surface area contributed by atoms with Crippen molar-refractivity contribution < 1.29 is 9.59 Å². The number of rotatable bonds is 12. The maximum atomic E-state index is 10.7. The highest BCUT2D eigenvalue weighted by atomic mass is 33.4. The Kier molecular flexibility index (Phi) is 71.8. The average Bonchev–Trinajstić information content (AvgIpc) is 2.86. The Morgan fingerprint density at radius 3 is 1.59 bits per heavy atom. The molecule has 0 aromatic carbocycles. The second kappa shape index (κ2) is 54.6. The van der Waals surface area contributed by atoms with Gasteiger partial charge in [-0.25, -0.2) is 0 Å². The number of nitrogens with two attached hydrogens (primary N) is 1. The smallest absolute Gasteiger partial charge is 0.132 e. The molecule has 0 spiro atoms. The molecule has 0 saturated heterocycles. The number of aliphatic imine (C=N–C) groups is 1. The zero-order valence-corrected chi connectivity index (χ0v) is 28.5. The van der Waals surface area contributed by atoms with Crippen LogP contribution in [0.5, 0.6) is 0 Å². The van der Waals surface area contributed by atoms with E-state index in [-0.39, 0.29) is 0 Å². The zero-order valence-electron chi connectivity index (χ0n) is 22.0. The molecule has 206 valence electrons. The standard InChI is InChI=1S/C8H16O.C7H15N.C4H11N.C3H6O.S8/c1-3-5-6-7-8(9)4-2;1-3-5-7-8-6-4-2;1-2-3-4-5;1-2-3-4;1-3-5-7-8-6-4-2/h3-7H2,1-2H3;6H,3-5,7H2,1-2H3;2-5H2,1H3;3H,2H2,1H3;. The molecule has 2 N–H and O–H groups in total. The molecule has 4 nitrogen and oxygen atoms in total. The van der Waals surface area contributed by atoms with Crippen molar-refractivity contribution in [3.63, 3.8) is 0 Å². The summed E-state index contributed by atoms with van der Waals surface area (Å²) in [5.74, 6) is 0.406. The molecule has 0 aliphatic carbocycles. The van der Waals surface area contributed by atoms with E-state index in [1.807, 2.05) is 20.1 Å². The molecule has 0 saturated carbocycles. The van der Waals surface area contributed by atoms with Crippen LogP contribution in [0.4, 0.5) is 0 Å². The number of carbonyl (C=O) groups excluding carboxylic acids is 2. The summed E-state index contributed by atoms with van der Waals surface area (Å²) in [7, 11) is 9.12. The Morgan fingerprint density at radius 2 is 1.29 bits per heavy atom. The number of carbonyl (C=O) groups is 2. The van der Waals surface area contributed by atoms with Gasteiger partial charge in [0.2, 0.25) is 0 Å². The minimum absolute atomic E-state index is 0.406. The van der Waals surface area contributed by atoms with Crippen molar-refractivity contribution in [3.05, 3.63) is 0 Å². The molecule has 34 heavy (non-hydrogen) atoms. The highest BCUT2D eigenvalue weighted by Gasteiger charge is 1.95. The molecule has 12 heteroatoms. The fourth-order valence-corrected chi connectivity index (χ4v) is 12.4. The molecule has 0 aromatic heterocycles. The first kappa shape index (κ1) is 44.7. The van der Waals surface area contributed by atoms with Crippen molar-refractivity contribution in [3.8, 4) is 0 Å². The number of hydrogen-bond acceptors (Lipinski definition) is 6. The Balaban J connectivity index is -0.000000106. The number of unbranched alkanes of at least 4 members (excludes halogenated alkanes) is 4. The van der Waals surface area contributed by atoms with Crippen molar-refractivity contribution >= 4 is 93.9 Å². The predicted octanol–water partition coefficient (Wildman–Crippen LogP) is 6.13. The van der Waals surface area contributed by atoms with Crippen LogP contribution in [0.2, 0.25) is 0 Å². The van der Waals surface area contributed by atoms with E-state index in [0.717, 1.165) is 38.6 Å². The van der Waals surface area contributed by atoms with Crippen LogP contribution < -0.4 is 5.73 Å². The summed E-state index contributed by atoms with van der Waals surface area (Å²) in [6.07, 6.45) is 14.4. The summed E-state index contributed by atoms with van der Waals surface area (Å²) >= 11 is 9.21. The third-order valence-electron chi connectivity index (χ3n) is 3.27. The monoisotopic (exact) mass is 628 g/mol. The van der Waals surface area contributed by atoms with E-state index in [1.165, 1.54) is 56.3 Å². The van der Waals surface area contributed by atoms with E-state index in [1.54, 1.807) is 35.5 Å². The summed E-state index contributed by atoms with van der Waals surface area (Å²) in [5, 5.41) is 0. The summed E-state index contributed by atoms with van der Waals surface area (Å²) in [6, 6.07) is 0. The topological polar surface area (TPSA) is 72.5 Å². The molecule has 0 radical (unpaired) electrons. The Bertz CT molecular complexity index is 636. The normalized spacial score (nSPS) is 8.56. The molecule has 0 rings (SSSR count). The number of Topliss-reactive ketones (excluding diaryl/α,β-unsaturated/α-hetero) is 1. The predicted molar refractivity (Wildman–Crippen MR) is 177 cm³/mol. The lowest BCUT2D eigenvalue weighted by atomic mass is 10.1. The molecule has 0 amide bonds. The van der Waals surface area contributed by atoms with Crippen LogP contribution in [0.15, 0.2) is 4.99 Å². The number of hydrogen-bond donors (Lipinski definition) is 1. The van der Waals surface area contributed by atoms with Gasteiger partial charge in [-0.3, -0.25) is 9.79 Å². The van der Waals surface area contributed by atoms with E-state index >= 15 is 0 Å². The third kappa shape index (κ3) is 76.7. The number of aldehydes is 1. The van der Waals surface area contributed by atoms with Gasteiger partial charge in [-0.05, 0) is 38.4 Å². The number of nitrogens with zero attached hydrogens (tertiary/aromatic N) is 1. The Hall–Kier alpha value is 0.730. The van der Waals surface area contributed by atoms with Gasteiger partial charge in [0.1, 0.15) is 12.1 Å². The minimum Gasteiger partial charge on any atom is -0.330 e. The van der Waals surface area contributed by atoms with Crippen molar-refractivity contribution in [1.29, 1.82) is 0 Å². The summed E-state index contributed by atoms with van der Waals surface area (Å²) < 4.78 is 0. The van der Waals surface area contributed by atoms with Gasteiger partial charge in [-0.15, -0.1) is 0 Å². The van der Waals surface area contributed by atoms with Gasteiger partial charge in [0, 0.05) is 101 Å². The highest BCUT2D eigenvalue weighted by Crippen LogP contribution is 2.00. The molecule has 0 fully saturated rings. The zero-order chi connectivity index (χ0) is 27.1. The van der Waals surface area contributed by atoms with Gasteiger partial charge in [-0.1, -0.05) is 67.2 Å². The molecular weight excluding hydrogens is 581 g/mol. The Labute approximate surface area is 237 Å². The lowest BCUT2D eigenvalue weighted by Gasteiger charge is -1.93.